The molecule has 49 heavy (non-hydrogen) atoms. The maximum Gasteiger partial charge on any atom is 0.113 e. The largest absolute Gasteiger partial charge is 0.113 e. The first-order valence-electron chi connectivity index (χ1n) is 17.3. The van der Waals surface area contributed by atoms with E-state index in [9.17, 15) is 0 Å². The molecule has 0 fully saturated rings. The topological polar surface area (TPSA) is 0 Å². The van der Waals surface area contributed by atoms with Gasteiger partial charge in [-0.05, 0) is 98.1 Å². The lowest BCUT2D eigenvalue weighted by molar-refractivity contribution is 1.66. The Labute approximate surface area is 287 Å². The molecule has 10 aromatic carbocycles. The zero-order valence-corrected chi connectivity index (χ0v) is 28.7. The summed E-state index contributed by atoms with van der Waals surface area (Å²) in [5.41, 5.74) is 5.14. The van der Waals surface area contributed by atoms with Gasteiger partial charge in [-0.15, -0.1) is 0 Å². The highest BCUT2D eigenvalue weighted by molar-refractivity contribution is 7.01. The van der Waals surface area contributed by atoms with E-state index in [1.165, 1.54) is 97.3 Å². The van der Waals surface area contributed by atoms with Crippen LogP contribution in [0.25, 0.3) is 86.9 Å². The first-order chi connectivity index (χ1) is 24.1. The molecule has 10 rings (SSSR count). The van der Waals surface area contributed by atoms with E-state index in [0.29, 0.717) is 0 Å². The molecule has 230 valence electrons. The summed E-state index contributed by atoms with van der Waals surface area (Å²) in [7, 11) is -2.05. The molecule has 0 nitrogen and oxygen atoms in total. The van der Waals surface area contributed by atoms with Crippen molar-refractivity contribution in [3.63, 3.8) is 0 Å². The van der Waals surface area contributed by atoms with Gasteiger partial charge in [0.1, 0.15) is 8.07 Å². The number of fused-ring (bicyclic) bond motifs is 3. The molecule has 0 atom stereocenters. The molecular weight excluding hydrogens is 605 g/mol. The molecule has 0 N–H and O–H groups in total. The van der Waals surface area contributed by atoms with Crippen molar-refractivity contribution >= 4 is 83.1 Å². The maximum absolute atomic E-state index is 2.51. The Kier molecular flexibility index (Phi) is 6.13. The second-order valence-electron chi connectivity index (χ2n) is 14.1. The summed E-state index contributed by atoms with van der Waals surface area (Å²) >= 11 is 0. The van der Waals surface area contributed by atoms with Gasteiger partial charge < -0.3 is 0 Å². The number of hydrogen-bond donors (Lipinski definition) is 0. The van der Waals surface area contributed by atoms with Crippen LogP contribution in [-0.4, -0.2) is 8.07 Å². The Bertz CT molecular complexity index is 2820. The summed E-state index contributed by atoms with van der Waals surface area (Å²) in [5, 5.41) is 18.8. The van der Waals surface area contributed by atoms with Gasteiger partial charge in [0.15, 0.2) is 0 Å². The number of benzene rings is 10. The first kappa shape index (κ1) is 28.3. The average Bonchev–Trinajstić information content (AvgIpc) is 3.15. The summed E-state index contributed by atoms with van der Waals surface area (Å²) in [6.45, 7) is 5.02. The highest BCUT2D eigenvalue weighted by Gasteiger charge is 2.29. The van der Waals surface area contributed by atoms with Gasteiger partial charge in [-0.3, -0.25) is 0 Å². The molecule has 0 heterocycles. The molecule has 0 amide bonds. The van der Waals surface area contributed by atoms with Crippen molar-refractivity contribution in [1.82, 2.24) is 0 Å². The van der Waals surface area contributed by atoms with E-state index in [-0.39, 0.29) is 0 Å². The third kappa shape index (κ3) is 4.22. The molecule has 0 aliphatic heterocycles. The van der Waals surface area contributed by atoms with Crippen molar-refractivity contribution in [2.24, 2.45) is 0 Å². The minimum absolute atomic E-state index is 1.26. The van der Waals surface area contributed by atoms with E-state index in [2.05, 4.69) is 183 Å². The van der Waals surface area contributed by atoms with Crippen LogP contribution in [0, 0.1) is 0 Å². The fraction of sp³-hybridized carbons (Fsp3) is 0.0417. The molecule has 0 saturated carbocycles. The van der Waals surface area contributed by atoms with Gasteiger partial charge >= 0.3 is 0 Å². The molecule has 0 radical (unpaired) electrons. The molecule has 0 bridgehead atoms. The highest BCUT2D eigenvalue weighted by atomic mass is 28.3. The summed E-state index contributed by atoms with van der Waals surface area (Å²) < 4.78 is 0. The first-order valence-corrected chi connectivity index (χ1v) is 20.3. The van der Waals surface area contributed by atoms with E-state index >= 15 is 0 Å². The van der Waals surface area contributed by atoms with Crippen LogP contribution >= 0.6 is 0 Å². The van der Waals surface area contributed by atoms with Gasteiger partial charge in [-0.2, -0.15) is 0 Å². The van der Waals surface area contributed by atoms with Crippen molar-refractivity contribution in [2.45, 2.75) is 13.1 Å². The summed E-state index contributed by atoms with van der Waals surface area (Å²) in [6, 6.07) is 63.7. The van der Waals surface area contributed by atoms with Crippen molar-refractivity contribution in [1.29, 1.82) is 0 Å². The number of hydrogen-bond acceptors (Lipinski definition) is 0. The predicted molar refractivity (Wildman–Crippen MR) is 217 cm³/mol. The molecule has 0 aliphatic carbocycles. The van der Waals surface area contributed by atoms with E-state index in [4.69, 9.17) is 0 Å². The maximum atomic E-state index is 2.51. The van der Waals surface area contributed by atoms with E-state index in [0.717, 1.165) is 0 Å². The lowest BCUT2D eigenvalue weighted by Gasteiger charge is -2.27. The lowest BCUT2D eigenvalue weighted by Crippen LogP contribution is -2.53. The highest BCUT2D eigenvalue weighted by Crippen LogP contribution is 2.44. The zero-order valence-electron chi connectivity index (χ0n) is 27.7. The van der Waals surface area contributed by atoms with Crippen LogP contribution in [0.1, 0.15) is 0 Å². The Balaban J connectivity index is 1.14. The van der Waals surface area contributed by atoms with Crippen molar-refractivity contribution in [3.8, 4) is 22.3 Å². The predicted octanol–water partition coefficient (Wildman–Crippen LogP) is 12.2. The third-order valence-electron chi connectivity index (χ3n) is 11.1. The van der Waals surface area contributed by atoms with Gasteiger partial charge in [0, 0.05) is 0 Å². The van der Waals surface area contributed by atoms with E-state index < -0.39 is 8.07 Å². The van der Waals surface area contributed by atoms with Crippen LogP contribution in [0.2, 0.25) is 13.1 Å². The monoisotopic (exact) mass is 638 g/mol. The minimum Gasteiger partial charge on any atom is -0.0620 e. The Morgan fingerprint density at radius 3 is 1.45 bits per heavy atom. The normalized spacial score (nSPS) is 12.3. The van der Waals surface area contributed by atoms with Crippen LogP contribution in [0.4, 0.5) is 0 Å². The van der Waals surface area contributed by atoms with Crippen LogP contribution in [0.5, 0.6) is 0 Å². The molecule has 0 unspecified atom stereocenters. The number of rotatable bonds is 4. The molecule has 0 saturated heterocycles. The van der Waals surface area contributed by atoms with Gasteiger partial charge in [0.25, 0.3) is 0 Å². The fourth-order valence-corrected chi connectivity index (χ4v) is 11.3. The molecule has 0 aliphatic rings. The molecule has 0 aromatic heterocycles. The van der Waals surface area contributed by atoms with Crippen molar-refractivity contribution < 1.29 is 0 Å². The molecule has 0 spiro atoms. The van der Waals surface area contributed by atoms with Gasteiger partial charge in [-0.1, -0.05) is 182 Å². The quantitative estimate of drug-likeness (QED) is 0.102. The van der Waals surface area contributed by atoms with Crippen LogP contribution in [-0.2, 0) is 0 Å². The van der Waals surface area contributed by atoms with E-state index in [1.54, 1.807) is 0 Å². The van der Waals surface area contributed by atoms with Crippen molar-refractivity contribution in [2.75, 3.05) is 0 Å². The second-order valence-corrected chi connectivity index (χ2v) is 18.4. The Morgan fingerprint density at radius 2 is 0.796 bits per heavy atom. The van der Waals surface area contributed by atoms with Gasteiger partial charge in [-0.25, -0.2) is 0 Å². The standard InChI is InChI=1S/C48H34Si/c1-49(2,44-29-25-35-20-19-32-12-9-13-33-24-28-43(44)48(35)45(32)33)38-26-22-34(23-27-38)46-39-14-5-7-16-41(39)47(42-17-8-6-15-40(42)46)37-21-18-31-10-3-4-11-36(31)30-37/h3-30H,1-2H3. The molecular formula is C48H34Si. The third-order valence-corrected chi connectivity index (χ3v) is 14.6. The summed E-state index contributed by atoms with van der Waals surface area (Å²) in [5.74, 6) is 0. The summed E-state index contributed by atoms with van der Waals surface area (Å²) in [4.78, 5) is 0. The van der Waals surface area contributed by atoms with Crippen molar-refractivity contribution in [3.05, 3.63) is 170 Å². The zero-order chi connectivity index (χ0) is 32.7. The second kappa shape index (κ2) is 10.6. The lowest BCUT2D eigenvalue weighted by atomic mass is 9.85. The SMILES string of the molecule is C[Si](C)(c1ccc(-c2c3ccccc3c(-c3ccc4ccccc4c3)c3ccccc23)cc1)c1ccc2ccc3cccc4ccc1c2c34. The molecule has 1 heteroatoms. The Morgan fingerprint density at radius 1 is 0.327 bits per heavy atom. The Hall–Kier alpha value is -5.76. The minimum atomic E-state index is -2.05. The molecule has 10 aromatic rings. The van der Waals surface area contributed by atoms with Crippen LogP contribution in [0.3, 0.4) is 0 Å². The van der Waals surface area contributed by atoms with Gasteiger partial charge in [0.05, 0.1) is 0 Å². The van der Waals surface area contributed by atoms with Gasteiger partial charge in [0.2, 0.25) is 0 Å². The van der Waals surface area contributed by atoms with E-state index in [1.807, 2.05) is 0 Å². The smallest absolute Gasteiger partial charge is 0.0620 e. The van der Waals surface area contributed by atoms with Crippen LogP contribution < -0.4 is 10.4 Å². The fourth-order valence-electron chi connectivity index (χ4n) is 8.58. The summed E-state index contributed by atoms with van der Waals surface area (Å²) in [6.07, 6.45) is 0. The average molecular weight is 639 g/mol. The van der Waals surface area contributed by atoms with Crippen LogP contribution in [0.15, 0.2) is 170 Å².